The third-order valence-corrected chi connectivity index (χ3v) is 5.15. The molecular weight excluding hydrogens is 226 g/mol. The molecule has 3 aliphatic rings. The van der Waals surface area contributed by atoms with Crippen molar-refractivity contribution in [2.24, 2.45) is 17.8 Å². The number of likely N-dealkylation sites (tertiary alicyclic amines) is 1. The standard InChI is InChI=1S/C15H23NO2/c1-10-5-4-6-11(9-10)16-14(17)12-7-2-3-8-13(12)15(16)18/h10-13H,2-9H2,1H3. The number of rotatable bonds is 1. The van der Waals surface area contributed by atoms with Gasteiger partial charge in [0.1, 0.15) is 0 Å². The second-order valence-electron chi connectivity index (χ2n) is 6.47. The molecule has 3 fully saturated rings. The Balaban J connectivity index is 1.79. The highest BCUT2D eigenvalue weighted by atomic mass is 16.2. The summed E-state index contributed by atoms with van der Waals surface area (Å²) in [5, 5.41) is 0. The predicted molar refractivity (Wildman–Crippen MR) is 68.7 cm³/mol. The van der Waals surface area contributed by atoms with Crippen LogP contribution in [0.3, 0.4) is 0 Å². The molecule has 0 spiro atoms. The molecule has 4 atom stereocenters. The molecule has 2 amide bonds. The third kappa shape index (κ3) is 1.88. The summed E-state index contributed by atoms with van der Waals surface area (Å²) in [6.45, 7) is 2.24. The summed E-state index contributed by atoms with van der Waals surface area (Å²) < 4.78 is 0. The normalized spacial score (nSPS) is 41.1. The maximum Gasteiger partial charge on any atom is 0.233 e. The quantitative estimate of drug-likeness (QED) is 0.670. The van der Waals surface area contributed by atoms with Crippen LogP contribution in [0.25, 0.3) is 0 Å². The summed E-state index contributed by atoms with van der Waals surface area (Å²) in [4.78, 5) is 26.6. The molecule has 1 aliphatic heterocycles. The highest BCUT2D eigenvalue weighted by molar-refractivity contribution is 6.05. The van der Waals surface area contributed by atoms with Gasteiger partial charge in [-0.1, -0.05) is 32.6 Å². The van der Waals surface area contributed by atoms with E-state index in [1.807, 2.05) is 0 Å². The third-order valence-electron chi connectivity index (χ3n) is 5.15. The van der Waals surface area contributed by atoms with Crippen molar-refractivity contribution in [2.45, 2.75) is 64.3 Å². The number of amides is 2. The fourth-order valence-electron chi connectivity index (χ4n) is 4.18. The Labute approximate surface area is 109 Å². The zero-order chi connectivity index (χ0) is 12.7. The van der Waals surface area contributed by atoms with E-state index in [1.165, 1.54) is 6.42 Å². The van der Waals surface area contributed by atoms with Gasteiger partial charge in [-0.2, -0.15) is 0 Å². The highest BCUT2D eigenvalue weighted by Gasteiger charge is 2.50. The van der Waals surface area contributed by atoms with Crippen LogP contribution in [-0.2, 0) is 9.59 Å². The first-order valence-electron chi connectivity index (χ1n) is 7.55. The van der Waals surface area contributed by atoms with Crippen LogP contribution in [0, 0.1) is 17.8 Å². The molecule has 3 heteroatoms. The lowest BCUT2D eigenvalue weighted by Crippen LogP contribution is -2.43. The molecule has 0 aromatic carbocycles. The van der Waals surface area contributed by atoms with Gasteiger partial charge in [-0.15, -0.1) is 0 Å². The van der Waals surface area contributed by atoms with Crippen molar-refractivity contribution in [1.82, 2.24) is 4.90 Å². The van der Waals surface area contributed by atoms with Crippen molar-refractivity contribution in [1.29, 1.82) is 0 Å². The fraction of sp³-hybridized carbons (Fsp3) is 0.867. The van der Waals surface area contributed by atoms with Gasteiger partial charge in [0.15, 0.2) is 0 Å². The Bertz CT molecular complexity index is 342. The first-order chi connectivity index (χ1) is 8.68. The van der Waals surface area contributed by atoms with Gasteiger partial charge in [-0.05, 0) is 31.6 Å². The van der Waals surface area contributed by atoms with Crippen LogP contribution < -0.4 is 0 Å². The van der Waals surface area contributed by atoms with Crippen LogP contribution in [0.1, 0.15) is 58.3 Å². The van der Waals surface area contributed by atoms with E-state index in [2.05, 4.69) is 6.92 Å². The maximum atomic E-state index is 12.5. The number of hydrogen-bond acceptors (Lipinski definition) is 2. The Morgan fingerprint density at radius 2 is 1.50 bits per heavy atom. The topological polar surface area (TPSA) is 37.4 Å². The minimum absolute atomic E-state index is 0.0310. The van der Waals surface area contributed by atoms with Crippen molar-refractivity contribution in [2.75, 3.05) is 0 Å². The largest absolute Gasteiger partial charge is 0.279 e. The van der Waals surface area contributed by atoms with Crippen molar-refractivity contribution >= 4 is 11.8 Å². The molecule has 3 nitrogen and oxygen atoms in total. The first-order valence-corrected chi connectivity index (χ1v) is 7.55. The molecule has 1 saturated heterocycles. The number of carbonyl (C=O) groups excluding carboxylic acids is 2. The summed E-state index contributed by atoms with van der Waals surface area (Å²) in [5.41, 5.74) is 0. The van der Waals surface area contributed by atoms with E-state index in [1.54, 1.807) is 4.90 Å². The van der Waals surface area contributed by atoms with Crippen molar-refractivity contribution in [3.8, 4) is 0 Å². The lowest BCUT2D eigenvalue weighted by molar-refractivity contribution is -0.143. The molecule has 0 radical (unpaired) electrons. The van der Waals surface area contributed by atoms with Crippen molar-refractivity contribution in [3.63, 3.8) is 0 Å². The fourth-order valence-corrected chi connectivity index (χ4v) is 4.18. The van der Waals surface area contributed by atoms with E-state index in [9.17, 15) is 9.59 Å². The Morgan fingerprint density at radius 3 is 2.06 bits per heavy atom. The summed E-state index contributed by atoms with van der Waals surface area (Å²) in [6.07, 6.45) is 8.59. The molecule has 4 unspecified atom stereocenters. The first kappa shape index (κ1) is 12.2. The molecule has 2 saturated carbocycles. The minimum atomic E-state index is 0.0310. The van der Waals surface area contributed by atoms with Gasteiger partial charge in [-0.25, -0.2) is 0 Å². The SMILES string of the molecule is CC1CCCC(N2C(=O)C3CCCCC3C2=O)C1. The van der Waals surface area contributed by atoms with E-state index < -0.39 is 0 Å². The van der Waals surface area contributed by atoms with E-state index >= 15 is 0 Å². The predicted octanol–water partition coefficient (Wildman–Crippen LogP) is 2.74. The van der Waals surface area contributed by atoms with Crippen LogP contribution in [0.2, 0.25) is 0 Å². The average molecular weight is 249 g/mol. The van der Waals surface area contributed by atoms with Gasteiger partial charge in [0, 0.05) is 6.04 Å². The molecule has 0 aromatic heterocycles. The monoisotopic (exact) mass is 249 g/mol. The van der Waals surface area contributed by atoms with Crippen molar-refractivity contribution < 1.29 is 9.59 Å². The second kappa shape index (κ2) is 4.67. The van der Waals surface area contributed by atoms with Gasteiger partial charge < -0.3 is 0 Å². The molecule has 1 heterocycles. The molecule has 3 rings (SSSR count). The van der Waals surface area contributed by atoms with Crippen LogP contribution >= 0.6 is 0 Å². The molecule has 18 heavy (non-hydrogen) atoms. The molecule has 0 aromatic rings. The Morgan fingerprint density at radius 1 is 0.889 bits per heavy atom. The Hall–Kier alpha value is -0.860. The van der Waals surface area contributed by atoms with Gasteiger partial charge in [0.05, 0.1) is 11.8 Å². The van der Waals surface area contributed by atoms with Crippen LogP contribution in [0.5, 0.6) is 0 Å². The molecule has 0 bridgehead atoms. The molecule has 2 aliphatic carbocycles. The lowest BCUT2D eigenvalue weighted by atomic mass is 9.81. The van der Waals surface area contributed by atoms with Gasteiger partial charge >= 0.3 is 0 Å². The van der Waals surface area contributed by atoms with Crippen LogP contribution in [0.4, 0.5) is 0 Å². The summed E-state index contributed by atoms with van der Waals surface area (Å²) >= 11 is 0. The minimum Gasteiger partial charge on any atom is -0.279 e. The Kier molecular flexibility index (Phi) is 3.16. The molecular formula is C15H23NO2. The zero-order valence-corrected chi connectivity index (χ0v) is 11.2. The summed E-state index contributed by atoms with van der Waals surface area (Å²) in [5.74, 6) is 1.03. The average Bonchev–Trinajstić information content (AvgIpc) is 2.63. The highest BCUT2D eigenvalue weighted by Crippen LogP contribution is 2.41. The number of hydrogen-bond donors (Lipinski definition) is 0. The maximum absolute atomic E-state index is 12.5. The van der Waals surface area contributed by atoms with Crippen LogP contribution in [-0.4, -0.2) is 22.8 Å². The number of imide groups is 1. The summed E-state index contributed by atoms with van der Waals surface area (Å²) in [7, 11) is 0. The van der Waals surface area contributed by atoms with Gasteiger partial charge in [-0.3, -0.25) is 14.5 Å². The van der Waals surface area contributed by atoms with Gasteiger partial charge in [0.25, 0.3) is 0 Å². The molecule has 100 valence electrons. The lowest BCUT2D eigenvalue weighted by Gasteiger charge is -2.33. The van der Waals surface area contributed by atoms with Gasteiger partial charge in [0.2, 0.25) is 11.8 Å². The summed E-state index contributed by atoms with van der Waals surface area (Å²) in [6, 6.07) is 0.208. The number of fused-ring (bicyclic) bond motifs is 1. The number of nitrogens with zero attached hydrogens (tertiary/aromatic N) is 1. The zero-order valence-electron chi connectivity index (χ0n) is 11.2. The molecule has 0 N–H and O–H groups in total. The number of carbonyl (C=O) groups is 2. The van der Waals surface area contributed by atoms with Crippen molar-refractivity contribution in [3.05, 3.63) is 0 Å². The van der Waals surface area contributed by atoms with Crippen LogP contribution in [0.15, 0.2) is 0 Å². The van der Waals surface area contributed by atoms with E-state index in [-0.39, 0.29) is 29.7 Å². The van der Waals surface area contributed by atoms with E-state index in [4.69, 9.17) is 0 Å². The smallest absolute Gasteiger partial charge is 0.233 e. The van der Waals surface area contributed by atoms with E-state index in [0.717, 1.165) is 44.9 Å². The second-order valence-corrected chi connectivity index (χ2v) is 6.47. The van der Waals surface area contributed by atoms with E-state index in [0.29, 0.717) is 5.92 Å².